The first kappa shape index (κ1) is 20.0. The van der Waals surface area contributed by atoms with E-state index in [2.05, 4.69) is 15.5 Å². The molecule has 0 saturated heterocycles. The van der Waals surface area contributed by atoms with E-state index in [-0.39, 0.29) is 18.3 Å². The minimum atomic E-state index is -0.537. The Hall–Kier alpha value is -2.70. The molecule has 146 valence electrons. The number of nitrogens with two attached hydrogens (primary N) is 1. The molecule has 1 heterocycles. The summed E-state index contributed by atoms with van der Waals surface area (Å²) in [6.45, 7) is 0. The maximum Gasteiger partial charge on any atom is 0.253 e. The summed E-state index contributed by atoms with van der Waals surface area (Å²) in [5.41, 5.74) is 7.36. The zero-order chi connectivity index (χ0) is 18.7. The summed E-state index contributed by atoms with van der Waals surface area (Å²) in [7, 11) is 0. The topological polar surface area (TPSA) is 94.0 Å². The number of nitrogens with zero attached hydrogens (tertiary/aromatic N) is 2. The summed E-state index contributed by atoms with van der Waals surface area (Å²) in [4.78, 5) is 17.3. The van der Waals surface area contributed by atoms with Gasteiger partial charge in [0.2, 0.25) is 0 Å². The van der Waals surface area contributed by atoms with Gasteiger partial charge in [0.05, 0.1) is 5.54 Å². The predicted octanol–water partition coefficient (Wildman–Crippen LogP) is 3.74. The molecule has 1 atom stereocenters. The van der Waals surface area contributed by atoms with Gasteiger partial charge in [-0.05, 0) is 30.5 Å². The van der Waals surface area contributed by atoms with Crippen LogP contribution in [0.2, 0.25) is 0 Å². The van der Waals surface area contributed by atoms with Crippen molar-refractivity contribution >= 4 is 18.3 Å². The van der Waals surface area contributed by atoms with Crippen LogP contribution in [-0.2, 0) is 5.54 Å². The first-order valence-corrected chi connectivity index (χ1v) is 9.19. The average Bonchev–Trinajstić information content (AvgIpc) is 3.38. The van der Waals surface area contributed by atoms with E-state index in [1.165, 1.54) is 0 Å². The Balaban J connectivity index is 0.00000225. The van der Waals surface area contributed by atoms with E-state index in [0.717, 1.165) is 31.2 Å². The highest BCUT2D eigenvalue weighted by atomic mass is 35.5. The first-order chi connectivity index (χ1) is 13.2. The second-order valence-electron chi connectivity index (χ2n) is 7.00. The molecule has 0 spiro atoms. The standard InChI is InChI=1S/C21H22N4O2.ClH/c22-21(13-7-8-14-21)20-24-19(27-25-20)17(15-9-3-1-4-10-15)23-18(26)16-11-5-2-6-12-16;/h1-6,9-12,17H,7-8,13-14,22H2,(H,23,26);1H. The van der Waals surface area contributed by atoms with Crippen molar-refractivity contribution in [2.24, 2.45) is 5.73 Å². The summed E-state index contributed by atoms with van der Waals surface area (Å²) in [6, 6.07) is 18.1. The van der Waals surface area contributed by atoms with Gasteiger partial charge in [0, 0.05) is 5.56 Å². The van der Waals surface area contributed by atoms with Gasteiger partial charge < -0.3 is 15.6 Å². The fourth-order valence-corrected chi connectivity index (χ4v) is 3.52. The fraction of sp³-hybridized carbons (Fsp3) is 0.286. The van der Waals surface area contributed by atoms with Gasteiger partial charge >= 0.3 is 0 Å². The Morgan fingerprint density at radius 3 is 2.29 bits per heavy atom. The van der Waals surface area contributed by atoms with Gasteiger partial charge in [0.15, 0.2) is 5.82 Å². The molecular formula is C21H23ClN4O2. The Morgan fingerprint density at radius 2 is 1.64 bits per heavy atom. The van der Waals surface area contributed by atoms with Crippen molar-refractivity contribution in [3.05, 3.63) is 83.5 Å². The van der Waals surface area contributed by atoms with Crippen LogP contribution in [0.3, 0.4) is 0 Å². The third-order valence-corrected chi connectivity index (χ3v) is 5.07. The van der Waals surface area contributed by atoms with Gasteiger partial charge in [-0.15, -0.1) is 12.4 Å². The molecule has 0 bridgehead atoms. The lowest BCUT2D eigenvalue weighted by Crippen LogP contribution is -2.34. The van der Waals surface area contributed by atoms with E-state index in [1.807, 2.05) is 48.5 Å². The number of nitrogens with one attached hydrogen (secondary N) is 1. The minimum Gasteiger partial charge on any atom is -0.337 e. The number of carbonyl (C=O) groups is 1. The number of carbonyl (C=O) groups excluding carboxylic acids is 1. The van der Waals surface area contributed by atoms with Crippen LogP contribution in [0.5, 0.6) is 0 Å². The number of hydrogen-bond acceptors (Lipinski definition) is 5. The van der Waals surface area contributed by atoms with Gasteiger partial charge in [-0.2, -0.15) is 4.98 Å². The van der Waals surface area contributed by atoms with Crippen molar-refractivity contribution in [2.75, 3.05) is 0 Å². The van der Waals surface area contributed by atoms with Crippen molar-refractivity contribution in [1.29, 1.82) is 0 Å². The van der Waals surface area contributed by atoms with E-state index in [9.17, 15) is 4.79 Å². The Bertz CT molecular complexity index is 908. The third-order valence-electron chi connectivity index (χ3n) is 5.07. The Kier molecular flexibility index (Phi) is 6.11. The van der Waals surface area contributed by atoms with Crippen molar-refractivity contribution in [3.8, 4) is 0 Å². The molecule has 0 aliphatic heterocycles. The van der Waals surface area contributed by atoms with E-state index < -0.39 is 11.6 Å². The third kappa shape index (κ3) is 4.08. The van der Waals surface area contributed by atoms with Crippen LogP contribution < -0.4 is 11.1 Å². The molecule has 1 aliphatic carbocycles. The van der Waals surface area contributed by atoms with Gasteiger partial charge in [-0.25, -0.2) is 0 Å². The van der Waals surface area contributed by atoms with Gasteiger partial charge in [0.25, 0.3) is 11.8 Å². The lowest BCUT2D eigenvalue weighted by atomic mass is 9.98. The van der Waals surface area contributed by atoms with Gasteiger partial charge in [0.1, 0.15) is 6.04 Å². The van der Waals surface area contributed by atoms with Crippen molar-refractivity contribution < 1.29 is 9.32 Å². The Morgan fingerprint density at radius 1 is 1.04 bits per heavy atom. The highest BCUT2D eigenvalue weighted by Gasteiger charge is 2.37. The van der Waals surface area contributed by atoms with E-state index in [4.69, 9.17) is 10.3 Å². The van der Waals surface area contributed by atoms with Crippen LogP contribution in [0.15, 0.2) is 65.2 Å². The van der Waals surface area contributed by atoms with E-state index in [0.29, 0.717) is 17.3 Å². The fourth-order valence-electron chi connectivity index (χ4n) is 3.52. The largest absolute Gasteiger partial charge is 0.337 e. The lowest BCUT2D eigenvalue weighted by molar-refractivity contribution is 0.0936. The summed E-state index contributed by atoms with van der Waals surface area (Å²) in [6.07, 6.45) is 3.82. The minimum absolute atomic E-state index is 0. The zero-order valence-corrected chi connectivity index (χ0v) is 16.2. The van der Waals surface area contributed by atoms with Gasteiger partial charge in [-0.3, -0.25) is 4.79 Å². The van der Waals surface area contributed by atoms with Gasteiger partial charge in [-0.1, -0.05) is 66.5 Å². The molecule has 1 fully saturated rings. The molecule has 1 saturated carbocycles. The highest BCUT2D eigenvalue weighted by molar-refractivity contribution is 5.94. The zero-order valence-electron chi connectivity index (χ0n) is 15.4. The van der Waals surface area contributed by atoms with Crippen LogP contribution >= 0.6 is 12.4 Å². The quantitative estimate of drug-likeness (QED) is 0.682. The second-order valence-corrected chi connectivity index (χ2v) is 7.00. The average molecular weight is 399 g/mol. The maximum absolute atomic E-state index is 12.7. The molecule has 1 aliphatic rings. The maximum atomic E-state index is 12.7. The van der Waals surface area contributed by atoms with Crippen LogP contribution in [0.4, 0.5) is 0 Å². The summed E-state index contributed by atoms with van der Waals surface area (Å²) in [5, 5.41) is 7.14. The van der Waals surface area contributed by atoms with E-state index in [1.54, 1.807) is 12.1 Å². The number of halogens is 1. The molecule has 3 N–H and O–H groups in total. The van der Waals surface area contributed by atoms with Crippen LogP contribution in [-0.4, -0.2) is 16.0 Å². The number of rotatable bonds is 5. The second kappa shape index (κ2) is 8.54. The number of amides is 1. The molecule has 6 nitrogen and oxygen atoms in total. The summed E-state index contributed by atoms with van der Waals surface area (Å²) in [5.74, 6) is 0.662. The molecule has 4 rings (SSSR count). The van der Waals surface area contributed by atoms with Crippen LogP contribution in [0, 0.1) is 0 Å². The number of benzene rings is 2. The van der Waals surface area contributed by atoms with Crippen molar-refractivity contribution in [1.82, 2.24) is 15.5 Å². The molecule has 28 heavy (non-hydrogen) atoms. The normalized spacial score (nSPS) is 16.2. The SMILES string of the molecule is Cl.NC1(c2noc(C(NC(=O)c3ccccc3)c3ccccc3)n2)CCCC1. The highest BCUT2D eigenvalue weighted by Crippen LogP contribution is 2.35. The molecular weight excluding hydrogens is 376 g/mol. The number of hydrogen-bond donors (Lipinski definition) is 2. The summed E-state index contributed by atoms with van der Waals surface area (Å²) < 4.78 is 5.54. The first-order valence-electron chi connectivity index (χ1n) is 9.19. The predicted molar refractivity (Wildman–Crippen MR) is 108 cm³/mol. The molecule has 2 aromatic carbocycles. The lowest BCUT2D eigenvalue weighted by Gasteiger charge is -2.18. The molecule has 1 unspecified atom stereocenters. The Labute approximate surface area is 169 Å². The van der Waals surface area contributed by atoms with Crippen LogP contribution in [0.1, 0.15) is 59.4 Å². The molecule has 3 aromatic rings. The smallest absolute Gasteiger partial charge is 0.253 e. The monoisotopic (exact) mass is 398 g/mol. The van der Waals surface area contributed by atoms with Crippen molar-refractivity contribution in [3.63, 3.8) is 0 Å². The van der Waals surface area contributed by atoms with E-state index >= 15 is 0 Å². The van der Waals surface area contributed by atoms with Crippen molar-refractivity contribution in [2.45, 2.75) is 37.3 Å². The number of aromatic nitrogens is 2. The van der Waals surface area contributed by atoms with Crippen LogP contribution in [0.25, 0.3) is 0 Å². The molecule has 1 amide bonds. The molecule has 1 aromatic heterocycles. The summed E-state index contributed by atoms with van der Waals surface area (Å²) >= 11 is 0. The molecule has 0 radical (unpaired) electrons. The molecule has 7 heteroatoms.